The van der Waals surface area contributed by atoms with Crippen molar-refractivity contribution in [1.29, 1.82) is 0 Å². The zero-order valence-electron chi connectivity index (χ0n) is 12.3. The Morgan fingerprint density at radius 2 is 2.10 bits per heavy atom. The Labute approximate surface area is 131 Å². The van der Waals surface area contributed by atoms with Crippen molar-refractivity contribution in [3.63, 3.8) is 0 Å². The Balaban J connectivity index is 0.00000220. The number of ether oxygens (including phenoxy) is 2. The molecule has 1 aromatic rings. The Morgan fingerprint density at radius 1 is 1.38 bits per heavy atom. The van der Waals surface area contributed by atoms with Crippen LogP contribution in [-0.2, 0) is 11.3 Å². The summed E-state index contributed by atoms with van der Waals surface area (Å²) in [5, 5.41) is 2.77. The van der Waals surface area contributed by atoms with Crippen LogP contribution in [0.1, 0.15) is 31.2 Å². The van der Waals surface area contributed by atoms with Gasteiger partial charge in [-0.1, -0.05) is 0 Å². The van der Waals surface area contributed by atoms with Gasteiger partial charge < -0.3 is 20.5 Å². The van der Waals surface area contributed by atoms with E-state index in [0.717, 1.165) is 29.9 Å². The highest BCUT2D eigenvalue weighted by Gasteiger charge is 2.18. The predicted octanol–water partition coefficient (Wildman–Crippen LogP) is 2.01. The molecule has 0 saturated heterocycles. The Morgan fingerprint density at radius 3 is 2.71 bits per heavy atom. The third-order valence-corrected chi connectivity index (χ3v) is 3.53. The molecule has 0 heterocycles. The lowest BCUT2D eigenvalue weighted by molar-refractivity contribution is -0.119. The molecule has 0 aromatic heterocycles. The molecule has 5 nitrogen and oxygen atoms in total. The fraction of sp³-hybridized carbons (Fsp3) is 0.533. The summed E-state index contributed by atoms with van der Waals surface area (Å²) in [4.78, 5) is 11.3. The van der Waals surface area contributed by atoms with Crippen molar-refractivity contribution in [2.24, 2.45) is 5.73 Å². The lowest BCUT2D eigenvalue weighted by Crippen LogP contribution is -2.30. The van der Waals surface area contributed by atoms with Crippen LogP contribution in [0.15, 0.2) is 18.2 Å². The number of hydrogen-bond acceptors (Lipinski definition) is 4. The standard InChI is InChI=1S/C15H22N2O3.ClH/c1-19-13-7-6-11(10-17-15(18)9-16)14(8-13)20-12-4-2-3-5-12;/h6-8,12H,2-5,9-10,16H2,1H3,(H,17,18);1H. The third-order valence-electron chi connectivity index (χ3n) is 3.53. The molecule has 21 heavy (non-hydrogen) atoms. The van der Waals surface area contributed by atoms with Gasteiger partial charge in [-0.05, 0) is 37.8 Å². The highest BCUT2D eigenvalue weighted by molar-refractivity contribution is 5.85. The lowest BCUT2D eigenvalue weighted by Gasteiger charge is -2.17. The number of carbonyl (C=O) groups is 1. The molecule has 0 aliphatic heterocycles. The Kier molecular flexibility index (Phi) is 7.32. The molecular formula is C15H23ClN2O3. The molecule has 1 fully saturated rings. The second kappa shape index (κ2) is 8.74. The van der Waals surface area contributed by atoms with Crippen LogP contribution in [0.2, 0.25) is 0 Å². The molecule has 1 amide bonds. The van der Waals surface area contributed by atoms with Crippen LogP contribution >= 0.6 is 12.4 Å². The fourth-order valence-corrected chi connectivity index (χ4v) is 2.37. The van der Waals surface area contributed by atoms with Crippen molar-refractivity contribution in [2.45, 2.75) is 38.3 Å². The van der Waals surface area contributed by atoms with Gasteiger partial charge in [-0.15, -0.1) is 12.4 Å². The number of carbonyl (C=O) groups excluding carboxylic acids is 1. The molecule has 1 aliphatic carbocycles. The summed E-state index contributed by atoms with van der Waals surface area (Å²) in [6.07, 6.45) is 4.88. The number of benzene rings is 1. The number of nitrogens with one attached hydrogen (secondary N) is 1. The maximum Gasteiger partial charge on any atom is 0.234 e. The first kappa shape index (κ1) is 17.6. The summed E-state index contributed by atoms with van der Waals surface area (Å²) in [6.45, 7) is 0.414. The first-order valence-corrected chi connectivity index (χ1v) is 7.03. The molecule has 2 rings (SSSR count). The lowest BCUT2D eigenvalue weighted by atomic mass is 10.1. The molecule has 3 N–H and O–H groups in total. The summed E-state index contributed by atoms with van der Waals surface area (Å²) in [7, 11) is 1.63. The van der Waals surface area contributed by atoms with Gasteiger partial charge in [-0.3, -0.25) is 4.79 Å². The van der Waals surface area contributed by atoms with E-state index >= 15 is 0 Å². The van der Waals surface area contributed by atoms with Crippen LogP contribution in [0.5, 0.6) is 11.5 Å². The number of rotatable bonds is 6. The topological polar surface area (TPSA) is 73.6 Å². The first-order valence-electron chi connectivity index (χ1n) is 7.03. The smallest absolute Gasteiger partial charge is 0.234 e. The minimum Gasteiger partial charge on any atom is -0.497 e. The molecule has 1 aliphatic rings. The number of methoxy groups -OCH3 is 1. The third kappa shape index (κ3) is 5.10. The van der Waals surface area contributed by atoms with Gasteiger partial charge in [-0.25, -0.2) is 0 Å². The summed E-state index contributed by atoms with van der Waals surface area (Å²) < 4.78 is 11.3. The molecular weight excluding hydrogens is 292 g/mol. The summed E-state index contributed by atoms with van der Waals surface area (Å²) in [6, 6.07) is 5.66. The SMILES string of the molecule is COc1ccc(CNC(=O)CN)c(OC2CCCC2)c1.Cl. The van der Waals surface area contributed by atoms with Crippen LogP contribution in [0.4, 0.5) is 0 Å². The van der Waals surface area contributed by atoms with Crippen molar-refractivity contribution < 1.29 is 14.3 Å². The van der Waals surface area contributed by atoms with E-state index in [9.17, 15) is 4.79 Å². The molecule has 1 saturated carbocycles. The zero-order valence-corrected chi connectivity index (χ0v) is 13.1. The number of halogens is 1. The molecule has 118 valence electrons. The second-order valence-electron chi connectivity index (χ2n) is 4.98. The Bertz CT molecular complexity index is 462. The second-order valence-corrected chi connectivity index (χ2v) is 4.98. The maximum absolute atomic E-state index is 11.3. The average Bonchev–Trinajstić information content (AvgIpc) is 2.98. The Hall–Kier alpha value is -1.46. The summed E-state index contributed by atoms with van der Waals surface area (Å²) >= 11 is 0. The van der Waals surface area contributed by atoms with E-state index in [0.29, 0.717) is 6.54 Å². The average molecular weight is 315 g/mol. The predicted molar refractivity (Wildman–Crippen MR) is 84.0 cm³/mol. The van der Waals surface area contributed by atoms with Crippen molar-refractivity contribution in [3.8, 4) is 11.5 Å². The molecule has 0 spiro atoms. The first-order chi connectivity index (χ1) is 9.72. The molecule has 1 aromatic carbocycles. The van der Waals surface area contributed by atoms with Crippen molar-refractivity contribution in [2.75, 3.05) is 13.7 Å². The molecule has 0 unspecified atom stereocenters. The van der Waals surface area contributed by atoms with Gasteiger partial charge >= 0.3 is 0 Å². The van der Waals surface area contributed by atoms with E-state index in [-0.39, 0.29) is 31.0 Å². The van der Waals surface area contributed by atoms with Gasteiger partial charge in [0.25, 0.3) is 0 Å². The largest absolute Gasteiger partial charge is 0.497 e. The highest BCUT2D eigenvalue weighted by atomic mass is 35.5. The van der Waals surface area contributed by atoms with Crippen LogP contribution < -0.4 is 20.5 Å². The van der Waals surface area contributed by atoms with E-state index < -0.39 is 0 Å². The molecule has 0 bridgehead atoms. The van der Waals surface area contributed by atoms with Crippen LogP contribution in [0.25, 0.3) is 0 Å². The summed E-state index contributed by atoms with van der Waals surface area (Å²) in [5.41, 5.74) is 6.23. The van der Waals surface area contributed by atoms with Gasteiger partial charge in [0.2, 0.25) is 5.91 Å². The van der Waals surface area contributed by atoms with Crippen molar-refractivity contribution >= 4 is 18.3 Å². The van der Waals surface area contributed by atoms with Gasteiger partial charge in [0.05, 0.1) is 19.8 Å². The fourth-order valence-electron chi connectivity index (χ4n) is 2.37. The highest BCUT2D eigenvalue weighted by Crippen LogP contribution is 2.29. The minimum absolute atomic E-state index is 0. The molecule has 0 radical (unpaired) electrons. The van der Waals surface area contributed by atoms with E-state index in [4.69, 9.17) is 15.2 Å². The van der Waals surface area contributed by atoms with Gasteiger partial charge in [0, 0.05) is 18.2 Å². The minimum atomic E-state index is -0.173. The van der Waals surface area contributed by atoms with E-state index in [1.54, 1.807) is 7.11 Å². The van der Waals surface area contributed by atoms with Crippen LogP contribution in [0.3, 0.4) is 0 Å². The quantitative estimate of drug-likeness (QED) is 0.842. The molecule has 6 heteroatoms. The summed E-state index contributed by atoms with van der Waals surface area (Å²) in [5.74, 6) is 1.37. The van der Waals surface area contributed by atoms with E-state index in [2.05, 4.69) is 5.32 Å². The normalized spacial score (nSPS) is 14.4. The molecule has 0 atom stereocenters. The van der Waals surface area contributed by atoms with E-state index in [1.807, 2.05) is 18.2 Å². The van der Waals surface area contributed by atoms with Crippen LogP contribution in [0, 0.1) is 0 Å². The van der Waals surface area contributed by atoms with Crippen molar-refractivity contribution in [1.82, 2.24) is 5.32 Å². The van der Waals surface area contributed by atoms with Gasteiger partial charge in [-0.2, -0.15) is 0 Å². The zero-order chi connectivity index (χ0) is 14.4. The van der Waals surface area contributed by atoms with Crippen molar-refractivity contribution in [3.05, 3.63) is 23.8 Å². The number of hydrogen-bond donors (Lipinski definition) is 2. The van der Waals surface area contributed by atoms with Crippen LogP contribution in [-0.4, -0.2) is 25.7 Å². The monoisotopic (exact) mass is 314 g/mol. The maximum atomic E-state index is 11.3. The number of nitrogens with two attached hydrogens (primary N) is 1. The number of amides is 1. The van der Waals surface area contributed by atoms with Gasteiger partial charge in [0.15, 0.2) is 0 Å². The van der Waals surface area contributed by atoms with Gasteiger partial charge in [0.1, 0.15) is 11.5 Å². The van der Waals surface area contributed by atoms with E-state index in [1.165, 1.54) is 12.8 Å².